The Morgan fingerprint density at radius 1 is 1.33 bits per heavy atom. The fraction of sp³-hybridized carbons (Fsp3) is 0.467. The number of H-pyrrole nitrogens is 1. The lowest BCUT2D eigenvalue weighted by atomic mass is 9.95. The van der Waals surface area contributed by atoms with Crippen LogP contribution in [0, 0.1) is 5.92 Å². The van der Waals surface area contributed by atoms with Crippen molar-refractivity contribution in [3.05, 3.63) is 30.0 Å². The number of ether oxygens (including phenoxy) is 1. The second-order valence-corrected chi connectivity index (χ2v) is 5.16. The van der Waals surface area contributed by atoms with Gasteiger partial charge < -0.3 is 15.0 Å². The molecule has 2 heterocycles. The number of hydrogen-bond acceptors (Lipinski definition) is 2. The van der Waals surface area contributed by atoms with E-state index in [0.29, 0.717) is 0 Å². The highest BCUT2D eigenvalue weighted by molar-refractivity contribution is 5.81. The van der Waals surface area contributed by atoms with E-state index in [1.54, 1.807) is 7.11 Å². The number of benzene rings is 1. The number of methoxy groups -OCH3 is 1. The summed E-state index contributed by atoms with van der Waals surface area (Å²) in [5.74, 6) is 1.68. The van der Waals surface area contributed by atoms with Crippen molar-refractivity contribution in [3.8, 4) is 5.75 Å². The standard InChI is InChI=1S/C15H20N2O/c1-18-14-5-4-12-8-13(17-15(12)9-14)7-11-3-2-6-16-10-11/h4-5,8-9,11,16-17H,2-3,6-7,10H2,1H3. The Balaban J connectivity index is 1.79. The third-order valence-corrected chi connectivity index (χ3v) is 3.79. The Kier molecular flexibility index (Phi) is 3.24. The predicted molar refractivity (Wildman–Crippen MR) is 74.1 cm³/mol. The second kappa shape index (κ2) is 5.02. The van der Waals surface area contributed by atoms with Gasteiger partial charge in [0, 0.05) is 17.3 Å². The van der Waals surface area contributed by atoms with Crippen LogP contribution in [0.15, 0.2) is 24.3 Å². The zero-order valence-electron chi connectivity index (χ0n) is 10.8. The molecule has 2 aromatic rings. The second-order valence-electron chi connectivity index (χ2n) is 5.16. The van der Waals surface area contributed by atoms with E-state index in [1.165, 1.54) is 36.0 Å². The molecule has 1 saturated heterocycles. The smallest absolute Gasteiger partial charge is 0.120 e. The summed E-state index contributed by atoms with van der Waals surface area (Å²) in [6, 6.07) is 8.47. The average molecular weight is 244 g/mol. The van der Waals surface area contributed by atoms with Gasteiger partial charge in [-0.25, -0.2) is 0 Å². The molecule has 18 heavy (non-hydrogen) atoms. The van der Waals surface area contributed by atoms with Crippen LogP contribution >= 0.6 is 0 Å². The van der Waals surface area contributed by atoms with Crippen LogP contribution in [0.5, 0.6) is 5.75 Å². The molecule has 1 atom stereocenters. The Morgan fingerprint density at radius 3 is 3.06 bits per heavy atom. The number of fused-ring (bicyclic) bond motifs is 1. The minimum Gasteiger partial charge on any atom is -0.497 e. The molecule has 1 aliphatic heterocycles. The summed E-state index contributed by atoms with van der Waals surface area (Å²) >= 11 is 0. The molecule has 0 radical (unpaired) electrons. The zero-order chi connectivity index (χ0) is 12.4. The summed E-state index contributed by atoms with van der Waals surface area (Å²) in [6.07, 6.45) is 3.79. The maximum absolute atomic E-state index is 5.25. The first-order valence-corrected chi connectivity index (χ1v) is 6.71. The number of aromatic nitrogens is 1. The molecule has 0 spiro atoms. The van der Waals surface area contributed by atoms with Crippen LogP contribution in [-0.2, 0) is 6.42 Å². The van der Waals surface area contributed by atoms with Gasteiger partial charge in [0.1, 0.15) is 5.75 Å². The van der Waals surface area contributed by atoms with E-state index >= 15 is 0 Å². The highest BCUT2D eigenvalue weighted by atomic mass is 16.5. The molecule has 1 aromatic carbocycles. The van der Waals surface area contributed by atoms with Crippen molar-refractivity contribution in [2.75, 3.05) is 20.2 Å². The lowest BCUT2D eigenvalue weighted by Crippen LogP contribution is -2.30. The van der Waals surface area contributed by atoms with Gasteiger partial charge in [-0.2, -0.15) is 0 Å². The SMILES string of the molecule is COc1ccc2cc(CC3CCCNC3)[nH]c2c1. The van der Waals surface area contributed by atoms with E-state index < -0.39 is 0 Å². The Morgan fingerprint density at radius 2 is 2.28 bits per heavy atom. The maximum Gasteiger partial charge on any atom is 0.120 e. The van der Waals surface area contributed by atoms with Gasteiger partial charge in [0.05, 0.1) is 7.11 Å². The fourth-order valence-electron chi connectivity index (χ4n) is 2.81. The molecule has 0 amide bonds. The van der Waals surface area contributed by atoms with Crippen LogP contribution in [0.1, 0.15) is 18.5 Å². The van der Waals surface area contributed by atoms with Crippen molar-refractivity contribution in [1.82, 2.24) is 10.3 Å². The van der Waals surface area contributed by atoms with Gasteiger partial charge in [-0.15, -0.1) is 0 Å². The molecule has 0 saturated carbocycles. The van der Waals surface area contributed by atoms with Crippen molar-refractivity contribution in [2.24, 2.45) is 5.92 Å². The third kappa shape index (κ3) is 2.36. The highest BCUT2D eigenvalue weighted by Crippen LogP contribution is 2.23. The molecular formula is C15H20N2O. The Bertz CT molecular complexity index is 526. The summed E-state index contributed by atoms with van der Waals surface area (Å²) in [7, 11) is 1.71. The first-order chi connectivity index (χ1) is 8.85. The van der Waals surface area contributed by atoms with Crippen molar-refractivity contribution in [1.29, 1.82) is 0 Å². The molecule has 0 aliphatic carbocycles. The topological polar surface area (TPSA) is 37.0 Å². The molecule has 0 bridgehead atoms. The first kappa shape index (κ1) is 11.6. The molecule has 96 valence electrons. The number of rotatable bonds is 3. The van der Waals surface area contributed by atoms with E-state index in [9.17, 15) is 0 Å². The van der Waals surface area contributed by atoms with Crippen molar-refractivity contribution in [3.63, 3.8) is 0 Å². The summed E-state index contributed by atoms with van der Waals surface area (Å²) in [5.41, 5.74) is 2.51. The van der Waals surface area contributed by atoms with E-state index in [4.69, 9.17) is 4.74 Å². The molecule has 3 heteroatoms. The van der Waals surface area contributed by atoms with Gasteiger partial charge >= 0.3 is 0 Å². The van der Waals surface area contributed by atoms with E-state index in [1.807, 2.05) is 6.07 Å². The number of nitrogens with one attached hydrogen (secondary N) is 2. The predicted octanol–water partition coefficient (Wildman–Crippen LogP) is 2.72. The fourth-order valence-corrected chi connectivity index (χ4v) is 2.81. The lowest BCUT2D eigenvalue weighted by Gasteiger charge is -2.21. The minimum atomic E-state index is 0.772. The van der Waals surface area contributed by atoms with Crippen LogP contribution < -0.4 is 10.1 Å². The number of hydrogen-bond donors (Lipinski definition) is 2. The monoisotopic (exact) mass is 244 g/mol. The summed E-state index contributed by atoms with van der Waals surface area (Å²) in [6.45, 7) is 2.33. The normalized spacial score (nSPS) is 20.2. The van der Waals surface area contributed by atoms with Crippen molar-refractivity contribution >= 4 is 10.9 Å². The molecule has 1 aromatic heterocycles. The molecule has 1 aliphatic rings. The Hall–Kier alpha value is -1.48. The van der Waals surface area contributed by atoms with Crippen LogP contribution in [0.3, 0.4) is 0 Å². The van der Waals surface area contributed by atoms with Crippen LogP contribution in [0.25, 0.3) is 10.9 Å². The molecule has 1 unspecified atom stereocenters. The summed E-state index contributed by atoms with van der Waals surface area (Å²) in [4.78, 5) is 3.51. The molecular weight excluding hydrogens is 224 g/mol. The van der Waals surface area contributed by atoms with E-state index in [0.717, 1.165) is 24.6 Å². The van der Waals surface area contributed by atoms with Gasteiger partial charge in [0.2, 0.25) is 0 Å². The van der Waals surface area contributed by atoms with Gasteiger partial charge in [0.25, 0.3) is 0 Å². The first-order valence-electron chi connectivity index (χ1n) is 6.71. The number of aromatic amines is 1. The van der Waals surface area contributed by atoms with Gasteiger partial charge in [-0.05, 0) is 61.9 Å². The zero-order valence-corrected chi connectivity index (χ0v) is 10.8. The quantitative estimate of drug-likeness (QED) is 0.871. The van der Waals surface area contributed by atoms with Crippen molar-refractivity contribution in [2.45, 2.75) is 19.3 Å². The molecule has 1 fully saturated rings. The van der Waals surface area contributed by atoms with Crippen molar-refractivity contribution < 1.29 is 4.74 Å². The third-order valence-electron chi connectivity index (χ3n) is 3.79. The van der Waals surface area contributed by atoms with Crippen LogP contribution in [-0.4, -0.2) is 25.2 Å². The van der Waals surface area contributed by atoms with E-state index in [-0.39, 0.29) is 0 Å². The van der Waals surface area contributed by atoms with Crippen LogP contribution in [0.4, 0.5) is 0 Å². The number of piperidine rings is 1. The van der Waals surface area contributed by atoms with Gasteiger partial charge in [-0.1, -0.05) is 0 Å². The summed E-state index contributed by atoms with van der Waals surface area (Å²) < 4.78 is 5.25. The molecule has 3 rings (SSSR count). The van der Waals surface area contributed by atoms with Gasteiger partial charge in [-0.3, -0.25) is 0 Å². The summed E-state index contributed by atoms with van der Waals surface area (Å²) in [5, 5.41) is 4.75. The molecule has 3 nitrogen and oxygen atoms in total. The molecule has 2 N–H and O–H groups in total. The van der Waals surface area contributed by atoms with Crippen LogP contribution in [0.2, 0.25) is 0 Å². The largest absolute Gasteiger partial charge is 0.497 e. The average Bonchev–Trinajstić information content (AvgIpc) is 2.80. The minimum absolute atomic E-state index is 0.772. The van der Waals surface area contributed by atoms with Gasteiger partial charge in [0.15, 0.2) is 0 Å². The van der Waals surface area contributed by atoms with E-state index in [2.05, 4.69) is 28.5 Å². The Labute approximate surface area is 108 Å². The lowest BCUT2D eigenvalue weighted by molar-refractivity contribution is 0.374. The highest BCUT2D eigenvalue weighted by Gasteiger charge is 2.14. The maximum atomic E-state index is 5.25.